The van der Waals surface area contributed by atoms with E-state index in [1.807, 2.05) is 13.8 Å². The van der Waals surface area contributed by atoms with Crippen LogP contribution in [0.4, 0.5) is 0 Å². The van der Waals surface area contributed by atoms with E-state index in [4.69, 9.17) is 5.26 Å². The van der Waals surface area contributed by atoms with E-state index >= 15 is 0 Å². The molecule has 2 amide bonds. The van der Waals surface area contributed by atoms with Gasteiger partial charge in [0.25, 0.3) is 0 Å². The van der Waals surface area contributed by atoms with E-state index in [-0.39, 0.29) is 11.8 Å². The van der Waals surface area contributed by atoms with Gasteiger partial charge in [-0.25, -0.2) is 9.50 Å². The molecule has 2 aromatic rings. The van der Waals surface area contributed by atoms with Crippen LogP contribution in [0.5, 0.6) is 0 Å². The Bertz CT molecular complexity index is 879. The number of aryl methyl sites for hydroxylation is 2. The van der Waals surface area contributed by atoms with Crippen LogP contribution in [-0.2, 0) is 16.0 Å². The van der Waals surface area contributed by atoms with Gasteiger partial charge in [0, 0.05) is 43.9 Å². The van der Waals surface area contributed by atoms with E-state index in [1.54, 1.807) is 9.42 Å². The van der Waals surface area contributed by atoms with Crippen molar-refractivity contribution in [1.29, 1.82) is 5.26 Å². The minimum atomic E-state index is -0.0105. The molecule has 0 atom stereocenters. The molecule has 3 rings (SSSR count). The van der Waals surface area contributed by atoms with Crippen LogP contribution < -0.4 is 5.32 Å². The number of nitrogens with zero attached hydrogens (tertiary/aromatic N) is 5. The first-order valence-corrected chi connectivity index (χ1v) is 8.29. The van der Waals surface area contributed by atoms with Crippen molar-refractivity contribution in [3.8, 4) is 6.07 Å². The molecule has 1 aliphatic heterocycles. The highest BCUT2D eigenvalue weighted by Gasteiger charge is 2.20. The molecule has 0 bridgehead atoms. The summed E-state index contributed by atoms with van der Waals surface area (Å²) in [4.78, 5) is 30.1. The monoisotopic (exact) mass is 340 g/mol. The van der Waals surface area contributed by atoms with Gasteiger partial charge in [0.05, 0.1) is 6.20 Å². The Balaban J connectivity index is 1.76. The molecule has 2 aromatic heterocycles. The first-order valence-electron chi connectivity index (χ1n) is 8.29. The van der Waals surface area contributed by atoms with E-state index in [0.717, 1.165) is 17.0 Å². The molecule has 1 aliphatic rings. The number of hydrogen-bond acceptors (Lipinski definition) is 5. The molecule has 130 valence electrons. The van der Waals surface area contributed by atoms with Crippen LogP contribution in [0.1, 0.15) is 35.4 Å². The Labute approximate surface area is 145 Å². The molecule has 0 saturated carbocycles. The maximum absolute atomic E-state index is 12.5. The van der Waals surface area contributed by atoms with Crippen molar-refractivity contribution in [2.45, 2.75) is 33.1 Å². The SMILES string of the molecule is Cc1nc2c(C#N)cnn2c(C)c1CCC(=O)N1CCNC(=O)CC1. The topological polar surface area (TPSA) is 103 Å². The van der Waals surface area contributed by atoms with Gasteiger partial charge in [0.15, 0.2) is 5.65 Å². The van der Waals surface area contributed by atoms with Gasteiger partial charge in [0.2, 0.25) is 11.8 Å². The molecule has 25 heavy (non-hydrogen) atoms. The maximum atomic E-state index is 12.5. The first-order chi connectivity index (χ1) is 12.0. The average Bonchev–Trinajstić information content (AvgIpc) is 2.87. The summed E-state index contributed by atoms with van der Waals surface area (Å²) in [7, 11) is 0. The molecule has 3 heterocycles. The van der Waals surface area contributed by atoms with Crippen molar-refractivity contribution in [2.75, 3.05) is 19.6 Å². The number of hydrogen-bond donors (Lipinski definition) is 1. The molecule has 8 heteroatoms. The van der Waals surface area contributed by atoms with Gasteiger partial charge in [-0.2, -0.15) is 10.4 Å². The molecule has 0 radical (unpaired) electrons. The van der Waals surface area contributed by atoms with E-state index < -0.39 is 0 Å². The Morgan fingerprint density at radius 2 is 2.20 bits per heavy atom. The number of aromatic nitrogens is 3. The molecular formula is C17H20N6O2. The molecule has 0 unspecified atom stereocenters. The van der Waals surface area contributed by atoms with Crippen molar-refractivity contribution in [3.63, 3.8) is 0 Å². The van der Waals surface area contributed by atoms with Gasteiger partial charge < -0.3 is 10.2 Å². The summed E-state index contributed by atoms with van der Waals surface area (Å²) in [6.45, 7) is 5.31. The summed E-state index contributed by atoms with van der Waals surface area (Å²) in [5.74, 6) is 0.0252. The summed E-state index contributed by atoms with van der Waals surface area (Å²) >= 11 is 0. The lowest BCUT2D eigenvalue weighted by atomic mass is 10.1. The minimum absolute atomic E-state index is 0.0105. The van der Waals surface area contributed by atoms with Crippen LogP contribution in [-0.4, -0.2) is 50.9 Å². The lowest BCUT2D eigenvalue weighted by molar-refractivity contribution is -0.131. The van der Waals surface area contributed by atoms with Gasteiger partial charge >= 0.3 is 0 Å². The van der Waals surface area contributed by atoms with Gasteiger partial charge in [-0.3, -0.25) is 9.59 Å². The highest BCUT2D eigenvalue weighted by Crippen LogP contribution is 2.18. The zero-order chi connectivity index (χ0) is 18.0. The van der Waals surface area contributed by atoms with Crippen molar-refractivity contribution >= 4 is 17.5 Å². The van der Waals surface area contributed by atoms with E-state index in [2.05, 4.69) is 21.5 Å². The van der Waals surface area contributed by atoms with Crippen LogP contribution in [0, 0.1) is 25.2 Å². The molecular weight excluding hydrogens is 320 g/mol. The van der Waals surface area contributed by atoms with Gasteiger partial charge in [-0.15, -0.1) is 0 Å². The highest BCUT2D eigenvalue weighted by atomic mass is 16.2. The molecule has 0 spiro atoms. The predicted molar refractivity (Wildman–Crippen MR) is 89.7 cm³/mol. The Morgan fingerprint density at radius 1 is 1.40 bits per heavy atom. The van der Waals surface area contributed by atoms with E-state index in [0.29, 0.717) is 50.1 Å². The summed E-state index contributed by atoms with van der Waals surface area (Å²) in [6, 6.07) is 2.09. The van der Waals surface area contributed by atoms with E-state index in [9.17, 15) is 9.59 Å². The fraction of sp³-hybridized carbons (Fsp3) is 0.471. The van der Waals surface area contributed by atoms with Crippen LogP contribution in [0.15, 0.2) is 6.20 Å². The number of fused-ring (bicyclic) bond motifs is 1. The zero-order valence-corrected chi connectivity index (χ0v) is 14.4. The van der Waals surface area contributed by atoms with Crippen LogP contribution in [0.2, 0.25) is 0 Å². The van der Waals surface area contributed by atoms with Crippen molar-refractivity contribution in [2.24, 2.45) is 0 Å². The smallest absolute Gasteiger partial charge is 0.222 e. The normalized spacial score (nSPS) is 14.9. The Morgan fingerprint density at radius 3 is 2.96 bits per heavy atom. The molecule has 1 fully saturated rings. The van der Waals surface area contributed by atoms with Crippen LogP contribution >= 0.6 is 0 Å². The van der Waals surface area contributed by atoms with Crippen LogP contribution in [0.3, 0.4) is 0 Å². The van der Waals surface area contributed by atoms with Gasteiger partial charge in [0.1, 0.15) is 11.6 Å². The highest BCUT2D eigenvalue weighted by molar-refractivity contribution is 5.80. The van der Waals surface area contributed by atoms with Crippen molar-refractivity contribution < 1.29 is 9.59 Å². The molecule has 1 saturated heterocycles. The minimum Gasteiger partial charge on any atom is -0.354 e. The quantitative estimate of drug-likeness (QED) is 0.876. The molecule has 0 aliphatic carbocycles. The third-order valence-electron chi connectivity index (χ3n) is 4.58. The third kappa shape index (κ3) is 3.31. The lowest BCUT2D eigenvalue weighted by Gasteiger charge is -2.20. The number of carbonyl (C=O) groups excluding carboxylic acids is 2. The summed E-state index contributed by atoms with van der Waals surface area (Å²) in [5, 5.41) is 16.1. The summed E-state index contributed by atoms with van der Waals surface area (Å²) in [6.07, 6.45) is 2.76. The van der Waals surface area contributed by atoms with Crippen LogP contribution in [0.25, 0.3) is 5.65 Å². The number of rotatable bonds is 3. The maximum Gasteiger partial charge on any atom is 0.222 e. The summed E-state index contributed by atoms with van der Waals surface area (Å²) < 4.78 is 1.65. The largest absolute Gasteiger partial charge is 0.354 e. The van der Waals surface area contributed by atoms with Gasteiger partial charge in [-0.1, -0.05) is 0 Å². The Kier molecular flexibility index (Phi) is 4.65. The second-order valence-corrected chi connectivity index (χ2v) is 6.15. The van der Waals surface area contributed by atoms with E-state index in [1.165, 1.54) is 6.20 Å². The van der Waals surface area contributed by atoms with Gasteiger partial charge in [-0.05, 0) is 25.8 Å². The second kappa shape index (κ2) is 6.89. The predicted octanol–water partition coefficient (Wildman–Crippen LogP) is 0.499. The number of nitrogens with one attached hydrogen (secondary N) is 1. The fourth-order valence-electron chi connectivity index (χ4n) is 3.16. The number of carbonyl (C=O) groups is 2. The lowest BCUT2D eigenvalue weighted by Crippen LogP contribution is -2.34. The molecule has 1 N–H and O–H groups in total. The molecule has 0 aromatic carbocycles. The first kappa shape index (κ1) is 16.9. The average molecular weight is 340 g/mol. The standard InChI is InChI=1S/C17H20N6O2/c1-11-14(12(2)23-17(21-11)13(9-18)10-20-23)3-4-16(25)22-7-5-15(24)19-6-8-22/h10H,3-8H2,1-2H3,(H,19,24). The van der Waals surface area contributed by atoms with Crippen molar-refractivity contribution in [1.82, 2.24) is 24.8 Å². The molecule has 8 nitrogen and oxygen atoms in total. The summed E-state index contributed by atoms with van der Waals surface area (Å²) in [5.41, 5.74) is 3.66. The second-order valence-electron chi connectivity index (χ2n) is 6.15. The zero-order valence-electron chi connectivity index (χ0n) is 14.4. The third-order valence-corrected chi connectivity index (χ3v) is 4.58. The number of nitriles is 1. The van der Waals surface area contributed by atoms with Crippen molar-refractivity contribution in [3.05, 3.63) is 28.7 Å². The fourth-order valence-corrected chi connectivity index (χ4v) is 3.16. The number of amides is 2. The Hall–Kier alpha value is -2.95.